The van der Waals surface area contributed by atoms with Gasteiger partial charge in [0.25, 0.3) is 0 Å². The Morgan fingerprint density at radius 1 is 0.404 bits per heavy atom. The predicted octanol–water partition coefficient (Wildman–Crippen LogP) is 9.13. The van der Waals surface area contributed by atoms with Gasteiger partial charge in [-0.15, -0.1) is 0 Å². The summed E-state index contributed by atoms with van der Waals surface area (Å²) >= 11 is 0. The van der Waals surface area contributed by atoms with Crippen LogP contribution in [0.5, 0.6) is 0 Å². The van der Waals surface area contributed by atoms with Gasteiger partial charge in [0.15, 0.2) is 0 Å². The summed E-state index contributed by atoms with van der Waals surface area (Å²) in [4.78, 5) is 48.1. The van der Waals surface area contributed by atoms with Gasteiger partial charge in [-0.2, -0.15) is 0 Å². The molecule has 306 valence electrons. The molecule has 0 aliphatic heterocycles. The summed E-state index contributed by atoms with van der Waals surface area (Å²) in [5.74, 6) is -1.50. The molecule has 2 atom stereocenters. The number of unbranched alkanes of at least 4 members (excludes halogenated alkanes) is 24. The van der Waals surface area contributed by atoms with E-state index in [1.54, 1.807) is 0 Å². The first kappa shape index (κ1) is 50.5. The number of hydrogen-bond acceptors (Lipinski definition) is 8. The number of carboxylic acid groups (broad SMARTS) is 2. The number of amides is 2. The smallest absolute Gasteiger partial charge is 0.326 e. The van der Waals surface area contributed by atoms with Crippen LogP contribution in [0.1, 0.15) is 193 Å². The van der Waals surface area contributed by atoms with Crippen molar-refractivity contribution in [1.82, 2.24) is 10.6 Å². The molecule has 0 fully saturated rings. The second kappa shape index (κ2) is 39.2. The van der Waals surface area contributed by atoms with E-state index in [0.29, 0.717) is 37.2 Å². The van der Waals surface area contributed by atoms with Crippen LogP contribution in [0, 0.1) is 0 Å². The zero-order valence-electron chi connectivity index (χ0n) is 32.7. The van der Waals surface area contributed by atoms with Crippen molar-refractivity contribution < 1.29 is 29.4 Å². The molecule has 0 saturated heterocycles. The highest BCUT2D eigenvalue weighted by Crippen LogP contribution is 2.24. The van der Waals surface area contributed by atoms with E-state index in [4.69, 9.17) is 11.5 Å². The predicted molar refractivity (Wildman–Crippen MR) is 221 cm³/mol. The van der Waals surface area contributed by atoms with Gasteiger partial charge in [-0.05, 0) is 51.6 Å². The Balaban J connectivity index is 3.85. The van der Waals surface area contributed by atoms with Crippen LogP contribution < -0.4 is 22.1 Å². The molecule has 0 rings (SSSR count). The van der Waals surface area contributed by atoms with Gasteiger partial charge in [0, 0.05) is 24.3 Å². The Labute approximate surface area is 325 Å². The molecule has 10 nitrogen and oxygen atoms in total. The van der Waals surface area contributed by atoms with E-state index in [9.17, 15) is 29.4 Å². The summed E-state index contributed by atoms with van der Waals surface area (Å²) < 4.78 is 0. The lowest BCUT2D eigenvalue weighted by Crippen LogP contribution is -2.41. The lowest BCUT2D eigenvalue weighted by molar-refractivity contribution is -0.142. The van der Waals surface area contributed by atoms with E-state index in [-0.39, 0.29) is 11.8 Å². The highest BCUT2D eigenvalue weighted by Gasteiger charge is 2.21. The topological polar surface area (TPSA) is 185 Å². The zero-order valence-corrected chi connectivity index (χ0v) is 34.3. The monoisotopic (exact) mass is 775 g/mol. The first-order valence-electron chi connectivity index (χ1n) is 21.0. The molecule has 0 radical (unpaired) electrons. The third-order valence-electron chi connectivity index (χ3n) is 9.55. The first-order valence-corrected chi connectivity index (χ1v) is 23.5. The minimum absolute atomic E-state index is 0.220. The average molecular weight is 775 g/mol. The summed E-state index contributed by atoms with van der Waals surface area (Å²) in [6.45, 7) is 1.60. The average Bonchev–Trinajstić information content (AvgIpc) is 3.12. The molecule has 2 unspecified atom stereocenters. The van der Waals surface area contributed by atoms with Crippen LogP contribution in [0.3, 0.4) is 0 Å². The quantitative estimate of drug-likeness (QED) is 0.0259. The van der Waals surface area contributed by atoms with E-state index in [1.165, 1.54) is 137 Å². The van der Waals surface area contributed by atoms with Gasteiger partial charge in [-0.3, -0.25) is 9.59 Å². The molecule has 0 aromatic carbocycles. The normalized spacial score (nSPS) is 12.4. The number of aliphatic carboxylic acids is 2. The van der Waals surface area contributed by atoms with Crippen LogP contribution in [0.25, 0.3) is 0 Å². The van der Waals surface area contributed by atoms with Gasteiger partial charge in [0.2, 0.25) is 11.8 Å². The van der Waals surface area contributed by atoms with Gasteiger partial charge >= 0.3 is 11.9 Å². The van der Waals surface area contributed by atoms with Crippen LogP contribution >= 0.6 is 21.6 Å². The standard InChI is InChI=1S/C40H78N4O6S2/c41-31-25-21-17-13-9-5-1-3-7-11-15-19-23-27-37(45)43-35(39(47)48)29-33-51-52-34-30-36(40(49)50)44-38(46)28-24-20-16-12-8-4-2-6-10-14-18-22-26-32-42/h35-36H,1-34,41-42H2,(H,43,45)(H,44,46)(H,47,48)(H,49,50). The molecule has 0 aromatic heterocycles. The summed E-state index contributed by atoms with van der Waals surface area (Å²) in [5.41, 5.74) is 11.1. The summed E-state index contributed by atoms with van der Waals surface area (Å²) in [5, 5.41) is 24.5. The van der Waals surface area contributed by atoms with Crippen LogP contribution in [0.15, 0.2) is 0 Å². The van der Waals surface area contributed by atoms with E-state index >= 15 is 0 Å². The molecule has 0 heterocycles. The van der Waals surface area contributed by atoms with E-state index in [2.05, 4.69) is 10.6 Å². The van der Waals surface area contributed by atoms with Crippen LogP contribution in [-0.2, 0) is 19.2 Å². The fraction of sp³-hybridized carbons (Fsp3) is 0.900. The maximum absolute atomic E-state index is 12.3. The molecular weight excluding hydrogens is 697 g/mol. The van der Waals surface area contributed by atoms with Gasteiger partial charge in [0.05, 0.1) is 0 Å². The lowest BCUT2D eigenvalue weighted by atomic mass is 10.0. The number of carboxylic acids is 2. The maximum Gasteiger partial charge on any atom is 0.326 e. The van der Waals surface area contributed by atoms with Crippen molar-refractivity contribution >= 4 is 45.3 Å². The summed E-state index contributed by atoms with van der Waals surface area (Å²) in [7, 11) is 2.92. The number of rotatable bonds is 41. The van der Waals surface area contributed by atoms with Gasteiger partial charge < -0.3 is 32.3 Å². The molecular formula is C40H78N4O6S2. The number of hydrogen-bond donors (Lipinski definition) is 6. The lowest BCUT2D eigenvalue weighted by Gasteiger charge is -2.15. The maximum atomic E-state index is 12.3. The molecule has 8 N–H and O–H groups in total. The van der Waals surface area contributed by atoms with E-state index in [0.717, 1.165) is 64.5 Å². The zero-order chi connectivity index (χ0) is 38.3. The van der Waals surface area contributed by atoms with Crippen molar-refractivity contribution in [2.45, 2.75) is 205 Å². The van der Waals surface area contributed by atoms with E-state index < -0.39 is 24.0 Å². The summed E-state index contributed by atoms with van der Waals surface area (Å²) in [6, 6.07) is -1.86. The Hall–Kier alpha value is -1.50. The fourth-order valence-electron chi connectivity index (χ4n) is 6.25. The number of nitrogens with one attached hydrogen (secondary N) is 2. The fourth-order valence-corrected chi connectivity index (χ4v) is 8.43. The van der Waals surface area contributed by atoms with Gasteiger partial charge in [-0.25, -0.2) is 9.59 Å². The van der Waals surface area contributed by atoms with Crippen LogP contribution in [0.4, 0.5) is 0 Å². The van der Waals surface area contributed by atoms with Crippen molar-refractivity contribution in [3.63, 3.8) is 0 Å². The van der Waals surface area contributed by atoms with Crippen molar-refractivity contribution in [2.75, 3.05) is 24.6 Å². The minimum atomic E-state index is -1.04. The van der Waals surface area contributed by atoms with Crippen LogP contribution in [-0.4, -0.2) is 70.6 Å². The SMILES string of the molecule is NCCCCCCCCCCCCCCCC(=O)NC(CCSSCCC(NC(=O)CCCCCCCCCCCCCCCN)C(=O)O)C(=O)O. The van der Waals surface area contributed by atoms with Crippen LogP contribution in [0.2, 0.25) is 0 Å². The van der Waals surface area contributed by atoms with Gasteiger partial charge in [0.1, 0.15) is 12.1 Å². The van der Waals surface area contributed by atoms with Crippen molar-refractivity contribution in [3.05, 3.63) is 0 Å². The Bertz CT molecular complexity index is 802. The number of carbonyl (C=O) groups is 4. The minimum Gasteiger partial charge on any atom is -0.480 e. The second-order valence-electron chi connectivity index (χ2n) is 14.4. The van der Waals surface area contributed by atoms with Crippen molar-refractivity contribution in [3.8, 4) is 0 Å². The Kier molecular flexibility index (Phi) is 38.1. The van der Waals surface area contributed by atoms with E-state index in [1.807, 2.05) is 0 Å². The largest absolute Gasteiger partial charge is 0.480 e. The highest BCUT2D eigenvalue weighted by molar-refractivity contribution is 8.76. The molecule has 2 amide bonds. The summed E-state index contributed by atoms with van der Waals surface area (Å²) in [6.07, 6.45) is 32.2. The Morgan fingerprint density at radius 2 is 0.635 bits per heavy atom. The molecule has 0 spiro atoms. The second-order valence-corrected chi connectivity index (χ2v) is 17.1. The van der Waals surface area contributed by atoms with Gasteiger partial charge in [-0.1, -0.05) is 163 Å². The third-order valence-corrected chi connectivity index (χ3v) is 12.0. The first-order chi connectivity index (χ1) is 25.3. The molecule has 0 bridgehead atoms. The Morgan fingerprint density at radius 3 is 0.865 bits per heavy atom. The molecule has 0 saturated carbocycles. The number of nitrogens with two attached hydrogens (primary N) is 2. The molecule has 12 heteroatoms. The number of carbonyl (C=O) groups excluding carboxylic acids is 2. The molecule has 0 aliphatic rings. The van der Waals surface area contributed by atoms with Crippen molar-refractivity contribution in [1.29, 1.82) is 0 Å². The molecule has 52 heavy (non-hydrogen) atoms. The third kappa shape index (κ3) is 35.5. The highest BCUT2D eigenvalue weighted by atomic mass is 33.1. The van der Waals surface area contributed by atoms with Crippen molar-refractivity contribution in [2.24, 2.45) is 11.5 Å². The molecule has 0 aliphatic carbocycles. The molecule has 0 aromatic rings.